The second kappa shape index (κ2) is 5.41. The summed E-state index contributed by atoms with van der Waals surface area (Å²) in [7, 11) is 0. The molecule has 0 N–H and O–H groups in total. The van der Waals surface area contributed by atoms with Gasteiger partial charge < -0.3 is 4.42 Å². The molecule has 112 valence electrons. The largest absolute Gasteiger partial charge is 0.421 e. The molecule has 3 rings (SSSR count). The SMILES string of the molecule is Cc1nnc(-c2ccc(-c3cccc(C(C)(C)C)c3)cc2)o1. The lowest BCUT2D eigenvalue weighted by Gasteiger charge is -2.19. The van der Waals surface area contributed by atoms with Gasteiger partial charge in [-0.25, -0.2) is 0 Å². The predicted octanol–water partition coefficient (Wildman–Crippen LogP) is 5.01. The van der Waals surface area contributed by atoms with E-state index in [1.807, 2.05) is 12.1 Å². The number of benzene rings is 2. The third kappa shape index (κ3) is 2.93. The molecule has 1 aromatic heterocycles. The molecule has 3 aromatic rings. The summed E-state index contributed by atoms with van der Waals surface area (Å²) in [5.41, 5.74) is 4.83. The Kier molecular flexibility index (Phi) is 3.57. The minimum Gasteiger partial charge on any atom is -0.421 e. The van der Waals surface area contributed by atoms with Crippen LogP contribution in [0.1, 0.15) is 32.2 Å². The number of rotatable bonds is 2. The molecule has 0 aliphatic heterocycles. The summed E-state index contributed by atoms with van der Waals surface area (Å²) in [6.07, 6.45) is 0. The Bertz CT molecular complexity index is 780. The van der Waals surface area contributed by atoms with Gasteiger partial charge in [-0.2, -0.15) is 0 Å². The van der Waals surface area contributed by atoms with Crippen molar-refractivity contribution in [2.24, 2.45) is 0 Å². The number of aromatic nitrogens is 2. The van der Waals surface area contributed by atoms with E-state index in [1.54, 1.807) is 6.92 Å². The molecule has 0 unspecified atom stereocenters. The first-order valence-electron chi connectivity index (χ1n) is 7.45. The van der Waals surface area contributed by atoms with E-state index in [4.69, 9.17) is 4.42 Å². The van der Waals surface area contributed by atoms with E-state index in [9.17, 15) is 0 Å². The molecular formula is C19H20N2O. The van der Waals surface area contributed by atoms with Gasteiger partial charge in [-0.3, -0.25) is 0 Å². The molecule has 3 nitrogen and oxygen atoms in total. The Morgan fingerprint density at radius 2 is 1.50 bits per heavy atom. The fourth-order valence-electron chi connectivity index (χ4n) is 2.38. The third-order valence-electron chi connectivity index (χ3n) is 3.72. The van der Waals surface area contributed by atoms with E-state index in [2.05, 4.69) is 67.4 Å². The maximum atomic E-state index is 5.46. The lowest BCUT2D eigenvalue weighted by Crippen LogP contribution is -2.10. The summed E-state index contributed by atoms with van der Waals surface area (Å²) in [6.45, 7) is 8.48. The molecule has 0 aliphatic rings. The highest BCUT2D eigenvalue weighted by Crippen LogP contribution is 2.29. The van der Waals surface area contributed by atoms with Gasteiger partial charge >= 0.3 is 0 Å². The van der Waals surface area contributed by atoms with Crippen molar-refractivity contribution in [3.63, 3.8) is 0 Å². The second-order valence-corrected chi connectivity index (χ2v) is 6.53. The Hall–Kier alpha value is -2.42. The van der Waals surface area contributed by atoms with Crippen molar-refractivity contribution >= 4 is 0 Å². The number of aryl methyl sites for hydroxylation is 1. The van der Waals surface area contributed by atoms with Crippen LogP contribution in [0.3, 0.4) is 0 Å². The fourth-order valence-corrected chi connectivity index (χ4v) is 2.38. The lowest BCUT2D eigenvalue weighted by molar-refractivity contribution is 0.533. The van der Waals surface area contributed by atoms with Crippen molar-refractivity contribution in [2.75, 3.05) is 0 Å². The van der Waals surface area contributed by atoms with Crippen LogP contribution < -0.4 is 0 Å². The molecule has 3 heteroatoms. The van der Waals surface area contributed by atoms with Gasteiger partial charge in [-0.1, -0.05) is 57.2 Å². The first kappa shape index (κ1) is 14.5. The normalized spacial score (nSPS) is 11.6. The van der Waals surface area contributed by atoms with Crippen LogP contribution >= 0.6 is 0 Å². The Morgan fingerprint density at radius 3 is 2.09 bits per heavy atom. The molecule has 2 aromatic carbocycles. The third-order valence-corrected chi connectivity index (χ3v) is 3.72. The van der Waals surface area contributed by atoms with Crippen LogP contribution in [0.15, 0.2) is 52.9 Å². The second-order valence-electron chi connectivity index (χ2n) is 6.53. The molecule has 22 heavy (non-hydrogen) atoms. The van der Waals surface area contributed by atoms with E-state index in [0.29, 0.717) is 11.8 Å². The smallest absolute Gasteiger partial charge is 0.247 e. The molecule has 0 fully saturated rings. The van der Waals surface area contributed by atoms with E-state index >= 15 is 0 Å². The van der Waals surface area contributed by atoms with Gasteiger partial charge in [0.25, 0.3) is 0 Å². The molecule has 0 amide bonds. The molecular weight excluding hydrogens is 272 g/mol. The summed E-state index contributed by atoms with van der Waals surface area (Å²) < 4.78 is 5.46. The topological polar surface area (TPSA) is 38.9 Å². The summed E-state index contributed by atoms with van der Waals surface area (Å²) >= 11 is 0. The van der Waals surface area contributed by atoms with Crippen LogP contribution in [-0.2, 0) is 5.41 Å². The van der Waals surface area contributed by atoms with Gasteiger partial charge in [0.2, 0.25) is 11.8 Å². The van der Waals surface area contributed by atoms with Gasteiger partial charge in [0, 0.05) is 12.5 Å². The highest BCUT2D eigenvalue weighted by molar-refractivity contribution is 5.68. The zero-order chi connectivity index (χ0) is 15.7. The monoisotopic (exact) mass is 292 g/mol. The van der Waals surface area contributed by atoms with Crippen LogP contribution in [0.4, 0.5) is 0 Å². The van der Waals surface area contributed by atoms with E-state index in [0.717, 1.165) is 5.56 Å². The van der Waals surface area contributed by atoms with Gasteiger partial charge in [0.05, 0.1) is 0 Å². The van der Waals surface area contributed by atoms with E-state index in [1.165, 1.54) is 16.7 Å². The molecule has 0 radical (unpaired) electrons. The maximum Gasteiger partial charge on any atom is 0.247 e. The Morgan fingerprint density at radius 1 is 0.818 bits per heavy atom. The van der Waals surface area contributed by atoms with Crippen molar-refractivity contribution in [2.45, 2.75) is 33.1 Å². The van der Waals surface area contributed by atoms with Crippen molar-refractivity contribution in [3.8, 4) is 22.6 Å². The fraction of sp³-hybridized carbons (Fsp3) is 0.263. The lowest BCUT2D eigenvalue weighted by atomic mass is 9.85. The van der Waals surface area contributed by atoms with Gasteiger partial charge in [-0.15, -0.1) is 10.2 Å². The van der Waals surface area contributed by atoms with Crippen molar-refractivity contribution < 1.29 is 4.42 Å². The van der Waals surface area contributed by atoms with Crippen molar-refractivity contribution in [1.29, 1.82) is 0 Å². The van der Waals surface area contributed by atoms with Gasteiger partial charge in [0.1, 0.15) is 0 Å². The molecule has 0 saturated heterocycles. The molecule has 0 atom stereocenters. The zero-order valence-electron chi connectivity index (χ0n) is 13.4. The van der Waals surface area contributed by atoms with Crippen LogP contribution in [0.2, 0.25) is 0 Å². The van der Waals surface area contributed by atoms with Crippen LogP contribution in [0, 0.1) is 6.92 Å². The predicted molar refractivity (Wildman–Crippen MR) is 88.6 cm³/mol. The minimum absolute atomic E-state index is 0.150. The summed E-state index contributed by atoms with van der Waals surface area (Å²) in [5.74, 6) is 1.14. The number of hydrogen-bond acceptors (Lipinski definition) is 3. The van der Waals surface area contributed by atoms with Crippen molar-refractivity contribution in [3.05, 3.63) is 60.0 Å². The number of nitrogens with zero attached hydrogens (tertiary/aromatic N) is 2. The standard InChI is InChI=1S/C19H20N2O/c1-13-20-21-18(22-13)15-10-8-14(9-11-15)16-6-5-7-17(12-16)19(2,3)4/h5-12H,1-4H3. The first-order valence-corrected chi connectivity index (χ1v) is 7.45. The molecule has 0 aliphatic carbocycles. The van der Waals surface area contributed by atoms with Crippen LogP contribution in [-0.4, -0.2) is 10.2 Å². The average Bonchev–Trinajstić information content (AvgIpc) is 2.93. The molecule has 1 heterocycles. The van der Waals surface area contributed by atoms with Gasteiger partial charge in [-0.05, 0) is 34.2 Å². The molecule has 0 spiro atoms. The first-order chi connectivity index (χ1) is 10.4. The summed E-state index contributed by atoms with van der Waals surface area (Å²) in [5, 5.41) is 7.91. The van der Waals surface area contributed by atoms with E-state index < -0.39 is 0 Å². The summed E-state index contributed by atoms with van der Waals surface area (Å²) in [6, 6.07) is 16.9. The highest BCUT2D eigenvalue weighted by atomic mass is 16.4. The Balaban J connectivity index is 1.93. The summed E-state index contributed by atoms with van der Waals surface area (Å²) in [4.78, 5) is 0. The average molecular weight is 292 g/mol. The van der Waals surface area contributed by atoms with Crippen LogP contribution in [0.25, 0.3) is 22.6 Å². The Labute approximate surface area is 131 Å². The van der Waals surface area contributed by atoms with Crippen LogP contribution in [0.5, 0.6) is 0 Å². The zero-order valence-corrected chi connectivity index (χ0v) is 13.4. The molecule has 0 bridgehead atoms. The maximum absolute atomic E-state index is 5.46. The number of hydrogen-bond donors (Lipinski definition) is 0. The highest BCUT2D eigenvalue weighted by Gasteiger charge is 2.14. The minimum atomic E-state index is 0.150. The van der Waals surface area contributed by atoms with Gasteiger partial charge in [0.15, 0.2) is 0 Å². The molecule has 0 saturated carbocycles. The van der Waals surface area contributed by atoms with Crippen molar-refractivity contribution in [1.82, 2.24) is 10.2 Å². The van der Waals surface area contributed by atoms with E-state index in [-0.39, 0.29) is 5.41 Å². The quantitative estimate of drug-likeness (QED) is 0.666.